The normalized spacial score (nSPS) is 18.6. The van der Waals surface area contributed by atoms with E-state index in [0.717, 1.165) is 19.4 Å². The lowest BCUT2D eigenvalue weighted by atomic mass is 10.1. The molecule has 1 heterocycles. The van der Waals surface area contributed by atoms with Gasteiger partial charge in [0, 0.05) is 12.6 Å². The minimum atomic E-state index is -1.70. The number of benzene rings is 1. The van der Waals surface area contributed by atoms with Gasteiger partial charge in [0.1, 0.15) is 0 Å². The minimum absolute atomic E-state index is 0.0888. The van der Waals surface area contributed by atoms with E-state index in [-0.39, 0.29) is 12.6 Å². The summed E-state index contributed by atoms with van der Waals surface area (Å²) in [5, 5.41) is 14.5. The Bertz CT molecular complexity index is 502. The highest BCUT2D eigenvalue weighted by atomic mass is 19.2. The van der Waals surface area contributed by atoms with Crippen molar-refractivity contribution in [1.82, 2.24) is 10.6 Å². The molecule has 0 saturated carbocycles. The maximum atomic E-state index is 13.5. The predicted molar refractivity (Wildman–Crippen MR) is 61.3 cm³/mol. The number of phenols is 1. The maximum absolute atomic E-state index is 13.5. The SMILES string of the molecule is O=C(NCC1CCCN1)c1cc(F)c(F)c(O)c1F. The van der Waals surface area contributed by atoms with E-state index in [2.05, 4.69) is 10.6 Å². The van der Waals surface area contributed by atoms with E-state index in [9.17, 15) is 18.0 Å². The molecular weight excluding hydrogens is 261 g/mol. The number of hydrogen-bond acceptors (Lipinski definition) is 3. The second kappa shape index (κ2) is 5.48. The van der Waals surface area contributed by atoms with Gasteiger partial charge < -0.3 is 15.7 Å². The number of amides is 1. The summed E-state index contributed by atoms with van der Waals surface area (Å²) in [7, 11) is 0. The molecule has 1 saturated heterocycles. The van der Waals surface area contributed by atoms with Crippen molar-refractivity contribution in [3.05, 3.63) is 29.1 Å². The second-order valence-electron chi connectivity index (χ2n) is 4.39. The Kier molecular flexibility index (Phi) is 3.94. The molecule has 1 atom stereocenters. The first kappa shape index (κ1) is 13.7. The van der Waals surface area contributed by atoms with Crippen LogP contribution in [0.25, 0.3) is 0 Å². The Labute approximate surface area is 107 Å². The zero-order chi connectivity index (χ0) is 14.0. The van der Waals surface area contributed by atoms with Crippen LogP contribution in [0, 0.1) is 17.5 Å². The molecule has 19 heavy (non-hydrogen) atoms. The van der Waals surface area contributed by atoms with Gasteiger partial charge in [-0.15, -0.1) is 0 Å². The highest BCUT2D eigenvalue weighted by Crippen LogP contribution is 2.25. The van der Waals surface area contributed by atoms with Gasteiger partial charge in [0.15, 0.2) is 17.4 Å². The number of rotatable bonds is 3. The fraction of sp³-hybridized carbons (Fsp3) is 0.417. The zero-order valence-electron chi connectivity index (χ0n) is 9.97. The summed E-state index contributed by atoms with van der Waals surface area (Å²) >= 11 is 0. The van der Waals surface area contributed by atoms with Crippen LogP contribution in [0.5, 0.6) is 5.75 Å². The number of hydrogen-bond donors (Lipinski definition) is 3. The lowest BCUT2D eigenvalue weighted by Crippen LogP contribution is -2.37. The molecule has 1 fully saturated rings. The molecule has 7 heteroatoms. The third-order valence-electron chi connectivity index (χ3n) is 3.05. The molecule has 2 rings (SSSR count). The van der Waals surface area contributed by atoms with E-state index in [1.165, 1.54) is 0 Å². The van der Waals surface area contributed by atoms with Gasteiger partial charge in [-0.1, -0.05) is 0 Å². The van der Waals surface area contributed by atoms with Crippen LogP contribution in [0.4, 0.5) is 13.2 Å². The molecule has 1 aromatic carbocycles. The summed E-state index contributed by atoms with van der Waals surface area (Å²) in [6, 6.07) is 0.521. The molecule has 0 radical (unpaired) electrons. The van der Waals surface area contributed by atoms with Crippen LogP contribution in [0.1, 0.15) is 23.2 Å². The quantitative estimate of drug-likeness (QED) is 0.728. The Morgan fingerprint density at radius 2 is 2.16 bits per heavy atom. The van der Waals surface area contributed by atoms with Gasteiger partial charge in [-0.05, 0) is 25.5 Å². The first-order chi connectivity index (χ1) is 9.00. The van der Waals surface area contributed by atoms with Crippen molar-refractivity contribution in [3.8, 4) is 5.75 Å². The standard InChI is InChI=1S/C12H13F3N2O2/c13-8-4-7(9(14)11(18)10(8)15)12(19)17-5-6-2-1-3-16-6/h4,6,16,18H,1-3,5H2,(H,17,19). The zero-order valence-corrected chi connectivity index (χ0v) is 9.97. The van der Waals surface area contributed by atoms with E-state index in [4.69, 9.17) is 5.11 Å². The van der Waals surface area contributed by atoms with Crippen molar-refractivity contribution >= 4 is 5.91 Å². The van der Waals surface area contributed by atoms with Crippen molar-refractivity contribution in [2.75, 3.05) is 13.1 Å². The average molecular weight is 274 g/mol. The van der Waals surface area contributed by atoms with Gasteiger partial charge in [-0.25, -0.2) is 8.78 Å². The van der Waals surface area contributed by atoms with Crippen molar-refractivity contribution in [2.24, 2.45) is 0 Å². The molecule has 0 aliphatic carbocycles. The minimum Gasteiger partial charge on any atom is -0.503 e. The molecule has 0 bridgehead atoms. The fourth-order valence-electron chi connectivity index (χ4n) is 2.00. The Balaban J connectivity index is 2.10. The van der Waals surface area contributed by atoms with Gasteiger partial charge in [-0.2, -0.15) is 4.39 Å². The Hall–Kier alpha value is -1.76. The van der Waals surface area contributed by atoms with Crippen molar-refractivity contribution in [1.29, 1.82) is 0 Å². The lowest BCUT2D eigenvalue weighted by molar-refractivity contribution is 0.0944. The number of halogens is 3. The van der Waals surface area contributed by atoms with Gasteiger partial charge in [-0.3, -0.25) is 4.79 Å². The summed E-state index contributed by atoms with van der Waals surface area (Å²) < 4.78 is 39.3. The van der Waals surface area contributed by atoms with Crippen molar-refractivity contribution < 1.29 is 23.1 Å². The highest BCUT2D eigenvalue weighted by Gasteiger charge is 2.23. The molecule has 1 aliphatic rings. The molecule has 1 aromatic rings. The number of nitrogens with one attached hydrogen (secondary N) is 2. The van der Waals surface area contributed by atoms with Crippen LogP contribution < -0.4 is 10.6 Å². The van der Waals surface area contributed by atoms with Crippen LogP contribution >= 0.6 is 0 Å². The van der Waals surface area contributed by atoms with Crippen LogP contribution in [-0.2, 0) is 0 Å². The molecule has 0 spiro atoms. The fourth-order valence-corrected chi connectivity index (χ4v) is 2.00. The number of carbonyl (C=O) groups excluding carboxylic acids is 1. The van der Waals surface area contributed by atoms with E-state index in [1.807, 2.05) is 0 Å². The number of aromatic hydroxyl groups is 1. The van der Waals surface area contributed by atoms with Gasteiger partial charge in [0.25, 0.3) is 5.91 Å². The molecular formula is C12H13F3N2O2. The largest absolute Gasteiger partial charge is 0.503 e. The van der Waals surface area contributed by atoms with Gasteiger partial charge in [0.2, 0.25) is 5.82 Å². The summed E-state index contributed by atoms with van der Waals surface area (Å²) in [5.41, 5.74) is -0.714. The lowest BCUT2D eigenvalue weighted by Gasteiger charge is -2.12. The Morgan fingerprint density at radius 3 is 2.79 bits per heavy atom. The molecule has 104 valence electrons. The van der Waals surface area contributed by atoms with E-state index in [0.29, 0.717) is 6.07 Å². The molecule has 3 N–H and O–H groups in total. The predicted octanol–water partition coefficient (Wildman–Crippen LogP) is 1.29. The van der Waals surface area contributed by atoms with Crippen LogP contribution in [0.3, 0.4) is 0 Å². The van der Waals surface area contributed by atoms with Crippen LogP contribution in [0.15, 0.2) is 6.07 Å². The van der Waals surface area contributed by atoms with Gasteiger partial charge >= 0.3 is 0 Å². The van der Waals surface area contributed by atoms with Gasteiger partial charge in [0.05, 0.1) is 5.56 Å². The average Bonchev–Trinajstić information content (AvgIpc) is 2.91. The monoisotopic (exact) mass is 274 g/mol. The third kappa shape index (κ3) is 2.81. The van der Waals surface area contributed by atoms with Crippen LogP contribution in [0.2, 0.25) is 0 Å². The highest BCUT2D eigenvalue weighted by molar-refractivity contribution is 5.95. The number of carbonyl (C=O) groups is 1. The van der Waals surface area contributed by atoms with Crippen molar-refractivity contribution in [2.45, 2.75) is 18.9 Å². The third-order valence-corrected chi connectivity index (χ3v) is 3.05. The molecule has 4 nitrogen and oxygen atoms in total. The molecule has 1 unspecified atom stereocenters. The number of phenolic OH excluding ortho intramolecular Hbond substituents is 1. The summed E-state index contributed by atoms with van der Waals surface area (Å²) in [4.78, 5) is 11.7. The maximum Gasteiger partial charge on any atom is 0.254 e. The first-order valence-corrected chi connectivity index (χ1v) is 5.88. The summed E-state index contributed by atoms with van der Waals surface area (Å²) in [5.74, 6) is -7.00. The van der Waals surface area contributed by atoms with Crippen LogP contribution in [-0.4, -0.2) is 30.1 Å². The topological polar surface area (TPSA) is 61.4 Å². The molecule has 1 aliphatic heterocycles. The first-order valence-electron chi connectivity index (χ1n) is 5.88. The summed E-state index contributed by atoms with van der Waals surface area (Å²) in [6.07, 6.45) is 1.87. The summed E-state index contributed by atoms with van der Waals surface area (Å²) in [6.45, 7) is 1.11. The van der Waals surface area contributed by atoms with E-state index < -0.39 is 34.7 Å². The van der Waals surface area contributed by atoms with Crippen molar-refractivity contribution in [3.63, 3.8) is 0 Å². The molecule has 1 amide bonds. The Morgan fingerprint density at radius 1 is 1.42 bits per heavy atom. The van der Waals surface area contributed by atoms with E-state index in [1.54, 1.807) is 0 Å². The second-order valence-corrected chi connectivity index (χ2v) is 4.39. The van der Waals surface area contributed by atoms with E-state index >= 15 is 0 Å². The molecule has 0 aromatic heterocycles. The smallest absolute Gasteiger partial charge is 0.254 e.